The van der Waals surface area contributed by atoms with Crippen LogP contribution in [-0.2, 0) is 14.8 Å². The number of para-hydroxylation sites is 1. The van der Waals surface area contributed by atoms with Crippen molar-refractivity contribution in [3.05, 3.63) is 59.7 Å². The molecule has 0 saturated heterocycles. The average Bonchev–Trinajstić information content (AvgIpc) is 3.00. The van der Waals surface area contributed by atoms with E-state index in [4.69, 9.17) is 4.74 Å². The summed E-state index contributed by atoms with van der Waals surface area (Å²) in [6.45, 7) is 8.13. The van der Waals surface area contributed by atoms with Crippen molar-refractivity contribution >= 4 is 21.8 Å². The molecule has 1 aliphatic rings. The molecule has 1 amide bonds. The van der Waals surface area contributed by atoms with Crippen LogP contribution in [0.25, 0.3) is 0 Å². The standard InChI is InChI=1S/C22H28N2O4S/c1-16-9-11-18(12-10-16)29(26,27)24-15-17(19-7-5-6-8-20(19)24)13-14-23-21(25)28-22(2,3)4/h5-12,17H,13-15H2,1-4H3,(H,23,25)/t17-/m1/s1. The summed E-state index contributed by atoms with van der Waals surface area (Å²) in [5.74, 6) is 0.00126. The first-order chi connectivity index (χ1) is 13.6. The molecule has 0 spiro atoms. The van der Waals surface area contributed by atoms with Crippen molar-refractivity contribution < 1.29 is 17.9 Å². The van der Waals surface area contributed by atoms with E-state index in [1.54, 1.807) is 24.3 Å². The molecule has 2 aromatic carbocycles. The Labute approximate surface area is 172 Å². The molecular weight excluding hydrogens is 388 g/mol. The fourth-order valence-electron chi connectivity index (χ4n) is 3.43. The highest BCUT2D eigenvalue weighted by molar-refractivity contribution is 7.92. The first-order valence-electron chi connectivity index (χ1n) is 9.73. The number of hydrogen-bond acceptors (Lipinski definition) is 4. The van der Waals surface area contributed by atoms with Crippen LogP contribution < -0.4 is 9.62 Å². The summed E-state index contributed by atoms with van der Waals surface area (Å²) in [6.07, 6.45) is 0.156. The third kappa shape index (κ3) is 4.90. The molecule has 0 saturated carbocycles. The van der Waals surface area contributed by atoms with E-state index in [0.717, 1.165) is 11.1 Å². The summed E-state index contributed by atoms with van der Waals surface area (Å²) >= 11 is 0. The Morgan fingerprint density at radius 3 is 2.45 bits per heavy atom. The number of sulfonamides is 1. The first kappa shape index (κ1) is 21.2. The van der Waals surface area contributed by atoms with Crippen LogP contribution >= 0.6 is 0 Å². The summed E-state index contributed by atoms with van der Waals surface area (Å²) in [5, 5.41) is 2.76. The number of benzene rings is 2. The monoisotopic (exact) mass is 416 g/mol. The zero-order chi connectivity index (χ0) is 21.2. The highest BCUT2D eigenvalue weighted by Crippen LogP contribution is 2.40. The quantitative estimate of drug-likeness (QED) is 0.792. The summed E-state index contributed by atoms with van der Waals surface area (Å²) in [7, 11) is -3.65. The third-order valence-electron chi connectivity index (χ3n) is 4.80. The Kier molecular flexibility index (Phi) is 5.89. The van der Waals surface area contributed by atoms with Crippen molar-refractivity contribution in [1.82, 2.24) is 5.32 Å². The fourth-order valence-corrected chi connectivity index (χ4v) is 4.97. The highest BCUT2D eigenvalue weighted by Gasteiger charge is 2.36. The van der Waals surface area contributed by atoms with Crippen LogP contribution in [0.3, 0.4) is 0 Å². The van der Waals surface area contributed by atoms with Gasteiger partial charge < -0.3 is 10.1 Å². The molecule has 0 unspecified atom stereocenters. The molecule has 0 aliphatic carbocycles. The van der Waals surface area contributed by atoms with Crippen molar-refractivity contribution in [3.8, 4) is 0 Å². The summed E-state index contributed by atoms with van der Waals surface area (Å²) < 4.78 is 33.2. The second kappa shape index (κ2) is 8.06. The lowest BCUT2D eigenvalue weighted by atomic mass is 9.98. The van der Waals surface area contributed by atoms with Crippen LogP contribution in [0.15, 0.2) is 53.4 Å². The van der Waals surface area contributed by atoms with Gasteiger partial charge in [0.1, 0.15) is 5.60 Å². The van der Waals surface area contributed by atoms with Gasteiger partial charge in [-0.2, -0.15) is 0 Å². The van der Waals surface area contributed by atoms with Gasteiger partial charge >= 0.3 is 6.09 Å². The van der Waals surface area contributed by atoms with Crippen molar-refractivity contribution in [2.45, 2.75) is 50.5 Å². The van der Waals surface area contributed by atoms with Crippen molar-refractivity contribution in [2.75, 3.05) is 17.4 Å². The van der Waals surface area contributed by atoms with Crippen molar-refractivity contribution in [2.24, 2.45) is 0 Å². The number of nitrogens with one attached hydrogen (secondary N) is 1. The van der Waals surface area contributed by atoms with Gasteiger partial charge in [-0.25, -0.2) is 13.2 Å². The Bertz CT molecular complexity index is 979. The molecule has 29 heavy (non-hydrogen) atoms. The third-order valence-corrected chi connectivity index (χ3v) is 6.60. The summed E-state index contributed by atoms with van der Waals surface area (Å²) in [4.78, 5) is 12.2. The number of alkyl carbamates (subject to hydrolysis) is 1. The topological polar surface area (TPSA) is 75.7 Å². The molecule has 0 fully saturated rings. The number of hydrogen-bond donors (Lipinski definition) is 1. The minimum Gasteiger partial charge on any atom is -0.444 e. The van der Waals surface area contributed by atoms with Crippen molar-refractivity contribution in [1.29, 1.82) is 0 Å². The van der Waals surface area contributed by atoms with Crippen molar-refractivity contribution in [3.63, 3.8) is 0 Å². The van der Waals surface area contributed by atoms with E-state index in [-0.39, 0.29) is 10.8 Å². The number of nitrogens with zero attached hydrogens (tertiary/aromatic N) is 1. The van der Waals surface area contributed by atoms with Crippen LogP contribution in [0.2, 0.25) is 0 Å². The Morgan fingerprint density at radius 2 is 1.79 bits per heavy atom. The minimum atomic E-state index is -3.65. The number of amides is 1. The fraction of sp³-hybridized carbons (Fsp3) is 0.409. The van der Waals surface area contributed by atoms with Crippen LogP contribution in [0.5, 0.6) is 0 Å². The molecule has 1 heterocycles. The van der Waals surface area contributed by atoms with Gasteiger partial charge in [0, 0.05) is 19.0 Å². The second-order valence-corrected chi connectivity index (χ2v) is 10.2. The van der Waals surface area contributed by atoms with Crippen LogP contribution in [0.4, 0.5) is 10.5 Å². The molecule has 2 aromatic rings. The van der Waals surface area contributed by atoms with Crippen LogP contribution in [0, 0.1) is 6.92 Å². The Morgan fingerprint density at radius 1 is 1.14 bits per heavy atom. The average molecular weight is 417 g/mol. The molecule has 1 N–H and O–H groups in total. The predicted octanol–water partition coefficient (Wildman–Crippen LogP) is 4.20. The smallest absolute Gasteiger partial charge is 0.407 e. The van der Waals surface area contributed by atoms with Gasteiger partial charge in [0.25, 0.3) is 10.0 Å². The molecule has 1 aliphatic heterocycles. The van der Waals surface area contributed by atoms with Gasteiger partial charge in [-0.3, -0.25) is 4.31 Å². The van der Waals surface area contributed by atoms with E-state index >= 15 is 0 Å². The lowest BCUT2D eigenvalue weighted by Gasteiger charge is -2.21. The number of ether oxygens (including phenoxy) is 1. The molecule has 6 nitrogen and oxygen atoms in total. The molecule has 0 aromatic heterocycles. The van der Waals surface area contributed by atoms with Gasteiger partial charge in [-0.1, -0.05) is 35.9 Å². The molecule has 0 radical (unpaired) electrons. The summed E-state index contributed by atoms with van der Waals surface area (Å²) in [6, 6.07) is 14.4. The largest absolute Gasteiger partial charge is 0.444 e. The molecule has 1 atom stereocenters. The predicted molar refractivity (Wildman–Crippen MR) is 114 cm³/mol. The maximum Gasteiger partial charge on any atom is 0.407 e. The number of carbonyl (C=O) groups excluding carboxylic acids is 1. The molecule has 7 heteroatoms. The molecule has 156 valence electrons. The maximum absolute atomic E-state index is 13.2. The molecule has 0 bridgehead atoms. The Balaban J connectivity index is 1.74. The van der Waals surface area contributed by atoms with E-state index in [2.05, 4.69) is 5.32 Å². The number of anilines is 1. The first-order valence-corrected chi connectivity index (χ1v) is 11.2. The van der Waals surface area contributed by atoms with E-state index < -0.39 is 21.7 Å². The lowest BCUT2D eigenvalue weighted by Crippen LogP contribution is -2.34. The van der Waals surface area contributed by atoms with Crippen LogP contribution in [0.1, 0.15) is 44.2 Å². The number of rotatable bonds is 5. The van der Waals surface area contributed by atoms with E-state index in [0.29, 0.717) is 25.2 Å². The maximum atomic E-state index is 13.2. The number of aryl methyl sites for hydroxylation is 1. The zero-order valence-corrected chi connectivity index (χ0v) is 18.1. The summed E-state index contributed by atoms with van der Waals surface area (Å²) in [5.41, 5.74) is 2.14. The van der Waals surface area contributed by atoms with Crippen LogP contribution in [-0.4, -0.2) is 33.2 Å². The van der Waals surface area contributed by atoms with Gasteiger partial charge in [-0.15, -0.1) is 0 Å². The van der Waals surface area contributed by atoms with E-state index in [9.17, 15) is 13.2 Å². The number of carbonyl (C=O) groups is 1. The van der Waals surface area contributed by atoms with E-state index in [1.807, 2.05) is 52.0 Å². The number of fused-ring (bicyclic) bond motifs is 1. The second-order valence-electron chi connectivity index (χ2n) is 8.32. The lowest BCUT2D eigenvalue weighted by molar-refractivity contribution is 0.0526. The highest BCUT2D eigenvalue weighted by atomic mass is 32.2. The molecular formula is C22H28N2O4S. The SMILES string of the molecule is Cc1ccc(S(=O)(=O)N2C[C@@H](CCNC(=O)OC(C)(C)C)c3ccccc32)cc1. The minimum absolute atomic E-state index is 0.00126. The normalized spacial score (nSPS) is 16.4. The zero-order valence-electron chi connectivity index (χ0n) is 17.3. The Hall–Kier alpha value is -2.54. The van der Waals surface area contributed by atoms with E-state index in [1.165, 1.54) is 4.31 Å². The molecule has 3 rings (SSSR count). The van der Waals surface area contributed by atoms with Gasteiger partial charge in [0.2, 0.25) is 0 Å². The van der Waals surface area contributed by atoms with Gasteiger partial charge in [0.05, 0.1) is 10.6 Å². The van der Waals surface area contributed by atoms with Gasteiger partial charge in [0.15, 0.2) is 0 Å². The van der Waals surface area contributed by atoms with Gasteiger partial charge in [-0.05, 0) is 57.9 Å².